The van der Waals surface area contributed by atoms with Crippen LogP contribution >= 0.6 is 0 Å². The SMILES string of the molecule is COC(=O)c1ccc(CNC(=O)c2c(C)ccn(C3CCC(O)CC3)c2=O)cc1. The lowest BCUT2D eigenvalue weighted by Crippen LogP contribution is -2.36. The Balaban J connectivity index is 1.72. The third kappa shape index (κ3) is 4.74. The predicted molar refractivity (Wildman–Crippen MR) is 108 cm³/mol. The van der Waals surface area contributed by atoms with Crippen LogP contribution in [0.5, 0.6) is 0 Å². The van der Waals surface area contributed by atoms with Crippen LogP contribution in [0.25, 0.3) is 0 Å². The lowest BCUT2D eigenvalue weighted by atomic mass is 9.92. The summed E-state index contributed by atoms with van der Waals surface area (Å²) in [5.74, 6) is -0.842. The maximum Gasteiger partial charge on any atom is 0.337 e. The molecule has 3 rings (SSSR count). The fraction of sp³-hybridized carbons (Fsp3) is 0.409. The number of nitrogens with one attached hydrogen (secondary N) is 1. The summed E-state index contributed by atoms with van der Waals surface area (Å²) >= 11 is 0. The molecular formula is C22H26N2O5. The van der Waals surface area contributed by atoms with Gasteiger partial charge in [-0.15, -0.1) is 0 Å². The molecule has 0 spiro atoms. The molecule has 1 aliphatic carbocycles. The summed E-state index contributed by atoms with van der Waals surface area (Å²) in [6.45, 7) is 1.99. The summed E-state index contributed by atoms with van der Waals surface area (Å²) < 4.78 is 6.29. The second-order valence-corrected chi connectivity index (χ2v) is 7.42. The molecule has 0 unspecified atom stereocenters. The first-order chi connectivity index (χ1) is 13.9. The van der Waals surface area contributed by atoms with Crippen molar-refractivity contribution in [3.63, 3.8) is 0 Å². The van der Waals surface area contributed by atoms with E-state index in [1.807, 2.05) is 0 Å². The summed E-state index contributed by atoms with van der Waals surface area (Å²) in [6.07, 6.45) is 4.20. The van der Waals surface area contributed by atoms with Crippen molar-refractivity contribution in [1.29, 1.82) is 0 Å². The molecule has 0 atom stereocenters. The zero-order chi connectivity index (χ0) is 21.0. The standard InChI is InChI=1S/C22H26N2O5/c1-14-11-12-24(17-7-9-18(25)10-8-17)21(27)19(14)20(26)23-13-15-3-5-16(6-4-15)22(28)29-2/h3-6,11-12,17-18,25H,7-10,13H2,1-2H3,(H,23,26). The molecule has 1 aromatic heterocycles. The molecule has 154 valence electrons. The first kappa shape index (κ1) is 20.8. The predicted octanol–water partition coefficient (Wildman–Crippen LogP) is 2.35. The number of aromatic nitrogens is 1. The Morgan fingerprint density at radius 3 is 2.41 bits per heavy atom. The first-order valence-corrected chi connectivity index (χ1v) is 9.76. The van der Waals surface area contributed by atoms with Crippen LogP contribution in [-0.4, -0.2) is 34.8 Å². The molecule has 29 heavy (non-hydrogen) atoms. The number of nitrogens with zero attached hydrogens (tertiary/aromatic N) is 1. The topological polar surface area (TPSA) is 97.6 Å². The van der Waals surface area contributed by atoms with Crippen molar-refractivity contribution in [2.75, 3.05) is 7.11 Å². The lowest BCUT2D eigenvalue weighted by Gasteiger charge is -2.27. The molecule has 0 saturated heterocycles. The minimum absolute atomic E-state index is 0.00363. The molecule has 1 heterocycles. The van der Waals surface area contributed by atoms with Gasteiger partial charge in [-0.3, -0.25) is 9.59 Å². The van der Waals surface area contributed by atoms with Gasteiger partial charge in [0.2, 0.25) is 0 Å². The number of ether oxygens (including phenoxy) is 1. The van der Waals surface area contributed by atoms with Crippen LogP contribution in [0.3, 0.4) is 0 Å². The number of hydrogen-bond acceptors (Lipinski definition) is 5. The Labute approximate surface area is 169 Å². The van der Waals surface area contributed by atoms with Gasteiger partial charge in [-0.2, -0.15) is 0 Å². The van der Waals surface area contributed by atoms with E-state index in [4.69, 9.17) is 0 Å². The number of carbonyl (C=O) groups excluding carboxylic acids is 2. The number of carbonyl (C=O) groups is 2. The number of aryl methyl sites for hydroxylation is 1. The van der Waals surface area contributed by atoms with E-state index >= 15 is 0 Å². The smallest absolute Gasteiger partial charge is 0.337 e. The average molecular weight is 398 g/mol. The highest BCUT2D eigenvalue weighted by Crippen LogP contribution is 2.27. The molecule has 7 heteroatoms. The molecule has 1 aliphatic rings. The Hall–Kier alpha value is -2.93. The number of pyridine rings is 1. The second kappa shape index (κ2) is 9.05. The van der Waals surface area contributed by atoms with Crippen LogP contribution < -0.4 is 10.9 Å². The lowest BCUT2D eigenvalue weighted by molar-refractivity contribution is 0.0600. The van der Waals surface area contributed by atoms with Gasteiger partial charge in [-0.05, 0) is 61.9 Å². The fourth-order valence-electron chi connectivity index (χ4n) is 3.69. The number of aliphatic hydroxyl groups excluding tert-OH is 1. The number of aliphatic hydroxyl groups is 1. The van der Waals surface area contributed by atoms with Crippen molar-refractivity contribution in [3.8, 4) is 0 Å². The summed E-state index contributed by atoms with van der Waals surface area (Å²) in [5, 5.41) is 12.5. The number of hydrogen-bond donors (Lipinski definition) is 2. The summed E-state index contributed by atoms with van der Waals surface area (Å²) in [7, 11) is 1.32. The number of amides is 1. The van der Waals surface area contributed by atoms with Crippen LogP contribution in [-0.2, 0) is 11.3 Å². The highest BCUT2D eigenvalue weighted by Gasteiger charge is 2.24. The van der Waals surface area contributed by atoms with E-state index in [1.54, 1.807) is 48.0 Å². The molecule has 0 radical (unpaired) electrons. The minimum Gasteiger partial charge on any atom is -0.465 e. The molecule has 2 N–H and O–H groups in total. The molecule has 2 aromatic rings. The van der Waals surface area contributed by atoms with Gasteiger partial charge in [0, 0.05) is 18.8 Å². The molecule has 1 amide bonds. The molecule has 1 fully saturated rings. The Kier molecular flexibility index (Phi) is 6.49. The van der Waals surface area contributed by atoms with Gasteiger partial charge in [0.1, 0.15) is 5.56 Å². The van der Waals surface area contributed by atoms with Gasteiger partial charge < -0.3 is 19.7 Å². The van der Waals surface area contributed by atoms with Crippen molar-refractivity contribution >= 4 is 11.9 Å². The van der Waals surface area contributed by atoms with Gasteiger partial charge in [-0.1, -0.05) is 12.1 Å². The van der Waals surface area contributed by atoms with Crippen molar-refractivity contribution in [2.24, 2.45) is 0 Å². The van der Waals surface area contributed by atoms with Crippen LogP contribution in [0, 0.1) is 6.92 Å². The van der Waals surface area contributed by atoms with Gasteiger partial charge >= 0.3 is 5.97 Å². The minimum atomic E-state index is -0.422. The molecule has 1 aromatic carbocycles. The second-order valence-electron chi connectivity index (χ2n) is 7.42. The normalized spacial score (nSPS) is 18.9. The van der Waals surface area contributed by atoms with Crippen molar-refractivity contribution in [1.82, 2.24) is 9.88 Å². The monoisotopic (exact) mass is 398 g/mol. The number of benzene rings is 1. The Morgan fingerprint density at radius 1 is 1.14 bits per heavy atom. The Morgan fingerprint density at radius 2 is 1.79 bits per heavy atom. The maximum absolute atomic E-state index is 13.0. The molecule has 0 aliphatic heterocycles. The van der Waals surface area contributed by atoms with E-state index in [1.165, 1.54) is 7.11 Å². The summed E-state index contributed by atoms with van der Waals surface area (Å²) in [6, 6.07) is 8.51. The zero-order valence-corrected chi connectivity index (χ0v) is 16.7. The van der Waals surface area contributed by atoms with E-state index in [-0.39, 0.29) is 29.8 Å². The molecule has 1 saturated carbocycles. The summed E-state index contributed by atoms with van der Waals surface area (Å²) in [5.41, 5.74) is 1.71. The van der Waals surface area contributed by atoms with Crippen LogP contribution in [0.2, 0.25) is 0 Å². The van der Waals surface area contributed by atoms with E-state index in [0.29, 0.717) is 24.0 Å². The third-order valence-corrected chi connectivity index (χ3v) is 5.44. The van der Waals surface area contributed by atoms with Gasteiger partial charge in [0.15, 0.2) is 0 Å². The highest BCUT2D eigenvalue weighted by molar-refractivity contribution is 5.95. The molecule has 0 bridgehead atoms. The quantitative estimate of drug-likeness (QED) is 0.754. The van der Waals surface area contributed by atoms with E-state index in [9.17, 15) is 19.5 Å². The zero-order valence-electron chi connectivity index (χ0n) is 16.7. The first-order valence-electron chi connectivity index (χ1n) is 9.76. The van der Waals surface area contributed by atoms with Gasteiger partial charge in [-0.25, -0.2) is 4.79 Å². The van der Waals surface area contributed by atoms with Crippen molar-refractivity contribution in [3.05, 3.63) is 69.1 Å². The van der Waals surface area contributed by atoms with E-state index in [2.05, 4.69) is 10.1 Å². The van der Waals surface area contributed by atoms with Gasteiger partial charge in [0.25, 0.3) is 11.5 Å². The van der Waals surface area contributed by atoms with E-state index in [0.717, 1.165) is 18.4 Å². The average Bonchev–Trinajstić information content (AvgIpc) is 2.73. The summed E-state index contributed by atoms with van der Waals surface area (Å²) in [4.78, 5) is 37.2. The van der Waals surface area contributed by atoms with Crippen LogP contribution in [0.4, 0.5) is 0 Å². The number of esters is 1. The fourth-order valence-corrected chi connectivity index (χ4v) is 3.69. The largest absolute Gasteiger partial charge is 0.465 e. The highest BCUT2D eigenvalue weighted by atomic mass is 16.5. The van der Waals surface area contributed by atoms with E-state index < -0.39 is 11.9 Å². The third-order valence-electron chi connectivity index (χ3n) is 5.44. The number of methoxy groups -OCH3 is 1. The van der Waals surface area contributed by atoms with Crippen LogP contribution in [0.1, 0.15) is 63.6 Å². The molecule has 7 nitrogen and oxygen atoms in total. The van der Waals surface area contributed by atoms with Crippen molar-refractivity contribution < 1.29 is 19.4 Å². The number of rotatable bonds is 5. The Bertz CT molecular complexity index is 941. The molecular weight excluding hydrogens is 372 g/mol. The van der Waals surface area contributed by atoms with Crippen molar-refractivity contribution in [2.45, 2.75) is 51.3 Å². The van der Waals surface area contributed by atoms with Crippen LogP contribution in [0.15, 0.2) is 41.3 Å². The maximum atomic E-state index is 13.0. The van der Waals surface area contributed by atoms with Gasteiger partial charge in [0.05, 0.1) is 18.8 Å².